The van der Waals surface area contributed by atoms with Crippen LogP contribution in [0.25, 0.3) is 0 Å². The van der Waals surface area contributed by atoms with Gasteiger partial charge in [0.05, 0.1) is 24.8 Å². The number of halogens is 1. The van der Waals surface area contributed by atoms with Crippen LogP contribution in [-0.2, 0) is 32.6 Å². The molecule has 0 aliphatic heterocycles. The fourth-order valence-electron chi connectivity index (χ4n) is 5.18. The van der Waals surface area contributed by atoms with Crippen molar-refractivity contribution in [1.82, 2.24) is 10.2 Å². The zero-order chi connectivity index (χ0) is 35.1. The second kappa shape index (κ2) is 15.6. The minimum atomic E-state index is -4.34. The maximum atomic E-state index is 14.7. The number of hydrogen-bond acceptors (Lipinski definition) is 6. The van der Waals surface area contributed by atoms with Gasteiger partial charge in [0.1, 0.15) is 24.1 Å². The number of aryl methyl sites for hydroxylation is 1. The number of nitrogens with zero attached hydrogens (tertiary/aromatic N) is 2. The Balaban J connectivity index is 1.88. The number of sulfonamides is 1. The molecule has 1 N–H and O–H groups in total. The van der Waals surface area contributed by atoms with Gasteiger partial charge in [-0.15, -0.1) is 0 Å². The van der Waals surface area contributed by atoms with Gasteiger partial charge in [0, 0.05) is 23.5 Å². The molecule has 0 aliphatic rings. The van der Waals surface area contributed by atoms with Crippen molar-refractivity contribution in [3.05, 3.63) is 119 Å². The number of benzene rings is 4. The Morgan fingerprint density at radius 1 is 0.854 bits per heavy atom. The van der Waals surface area contributed by atoms with Gasteiger partial charge in [-0.25, -0.2) is 8.42 Å². The highest BCUT2D eigenvalue weighted by Gasteiger charge is 2.36. The monoisotopic (exact) mass is 691 g/mol. The fourth-order valence-corrected chi connectivity index (χ4v) is 6.77. The van der Waals surface area contributed by atoms with E-state index in [-0.39, 0.29) is 40.2 Å². The molecule has 0 aliphatic carbocycles. The van der Waals surface area contributed by atoms with Crippen molar-refractivity contribution in [2.24, 2.45) is 0 Å². The summed E-state index contributed by atoms with van der Waals surface area (Å²) >= 11 is 6.38. The van der Waals surface area contributed by atoms with Gasteiger partial charge in [-0.05, 0) is 81.3 Å². The van der Waals surface area contributed by atoms with Crippen LogP contribution in [0, 0.1) is 6.92 Å². The first kappa shape index (κ1) is 36.3. The second-order valence-corrected chi connectivity index (χ2v) is 14.8. The number of nitrogens with one attached hydrogen (secondary N) is 1. The Morgan fingerprint density at radius 3 is 2.15 bits per heavy atom. The van der Waals surface area contributed by atoms with Crippen LogP contribution in [0.2, 0.25) is 5.02 Å². The molecule has 0 saturated heterocycles. The van der Waals surface area contributed by atoms with E-state index < -0.39 is 34.1 Å². The van der Waals surface area contributed by atoms with Crippen molar-refractivity contribution in [3.8, 4) is 11.5 Å². The quantitative estimate of drug-likeness (QED) is 0.174. The molecule has 11 heteroatoms. The van der Waals surface area contributed by atoms with Gasteiger partial charge in [-0.3, -0.25) is 13.9 Å². The lowest BCUT2D eigenvalue weighted by molar-refractivity contribution is -0.140. The normalized spacial score (nSPS) is 12.1. The molecule has 254 valence electrons. The van der Waals surface area contributed by atoms with Crippen LogP contribution < -0.4 is 19.1 Å². The summed E-state index contributed by atoms with van der Waals surface area (Å²) in [6.07, 6.45) is 0.184. The number of methoxy groups -OCH3 is 2. The van der Waals surface area contributed by atoms with E-state index in [0.717, 1.165) is 15.4 Å². The second-order valence-electron chi connectivity index (χ2n) is 12.5. The van der Waals surface area contributed by atoms with Crippen molar-refractivity contribution in [2.75, 3.05) is 25.1 Å². The summed E-state index contributed by atoms with van der Waals surface area (Å²) in [6.45, 7) is 6.78. The fraction of sp³-hybridized carbons (Fsp3) is 0.297. The van der Waals surface area contributed by atoms with E-state index in [9.17, 15) is 18.0 Å². The van der Waals surface area contributed by atoms with Crippen molar-refractivity contribution in [3.63, 3.8) is 0 Å². The first-order valence-corrected chi connectivity index (χ1v) is 17.2. The number of carbonyl (C=O) groups is 2. The molecule has 4 rings (SSSR count). The highest BCUT2D eigenvalue weighted by atomic mass is 35.5. The maximum absolute atomic E-state index is 14.7. The Hall–Kier alpha value is -4.54. The predicted molar refractivity (Wildman–Crippen MR) is 189 cm³/mol. The Kier molecular flexibility index (Phi) is 11.8. The minimum Gasteiger partial charge on any atom is -0.497 e. The molecule has 0 bridgehead atoms. The number of ether oxygens (including phenoxy) is 2. The van der Waals surface area contributed by atoms with Gasteiger partial charge in [-0.2, -0.15) is 0 Å². The van der Waals surface area contributed by atoms with Crippen LogP contribution in [0.4, 0.5) is 5.69 Å². The predicted octanol–water partition coefficient (Wildman–Crippen LogP) is 6.42. The lowest BCUT2D eigenvalue weighted by Gasteiger charge is -2.35. The van der Waals surface area contributed by atoms with E-state index in [0.29, 0.717) is 11.3 Å². The summed E-state index contributed by atoms with van der Waals surface area (Å²) in [5, 5.41) is 3.28. The van der Waals surface area contributed by atoms with Gasteiger partial charge >= 0.3 is 0 Å². The van der Waals surface area contributed by atoms with E-state index in [4.69, 9.17) is 21.1 Å². The number of anilines is 1. The molecule has 48 heavy (non-hydrogen) atoms. The molecule has 0 unspecified atom stereocenters. The lowest BCUT2D eigenvalue weighted by atomic mass is 10.0. The summed E-state index contributed by atoms with van der Waals surface area (Å²) in [5.41, 5.74) is 1.87. The average Bonchev–Trinajstić information content (AvgIpc) is 3.05. The molecule has 0 aromatic heterocycles. The standard InChI is InChI=1S/C37H42ClN3O6S/c1-26-15-18-31(19-16-26)48(44,45)41(32-23-29(38)17-20-34(32)47-6)25-35(42)40(24-28-13-10-14-30(21-28)46-5)33(36(43)39-37(2,3)4)22-27-11-8-7-9-12-27/h7-21,23,33H,22,24-25H2,1-6H3,(H,39,43)/t33-/m0/s1. The molecule has 4 aromatic carbocycles. The van der Waals surface area contributed by atoms with Crippen LogP contribution in [-0.4, -0.2) is 57.5 Å². The molecule has 1 atom stereocenters. The highest BCUT2D eigenvalue weighted by Crippen LogP contribution is 2.35. The third kappa shape index (κ3) is 9.29. The van der Waals surface area contributed by atoms with E-state index in [1.54, 1.807) is 49.6 Å². The van der Waals surface area contributed by atoms with Crippen molar-refractivity contribution >= 4 is 39.1 Å². The van der Waals surface area contributed by atoms with Crippen molar-refractivity contribution < 1.29 is 27.5 Å². The molecular formula is C37H42ClN3O6S. The summed E-state index contributed by atoms with van der Waals surface area (Å²) in [6, 6.07) is 26.5. The summed E-state index contributed by atoms with van der Waals surface area (Å²) < 4.78 is 40.7. The number of carbonyl (C=O) groups excluding carboxylic acids is 2. The number of amides is 2. The largest absolute Gasteiger partial charge is 0.497 e. The molecule has 0 heterocycles. The van der Waals surface area contributed by atoms with Gasteiger partial charge in [0.15, 0.2) is 0 Å². The molecular weight excluding hydrogens is 650 g/mol. The molecule has 0 saturated carbocycles. The van der Waals surface area contributed by atoms with E-state index in [1.165, 1.54) is 30.2 Å². The van der Waals surface area contributed by atoms with E-state index in [2.05, 4.69) is 5.32 Å². The van der Waals surface area contributed by atoms with Gasteiger partial charge in [0.2, 0.25) is 11.8 Å². The average molecular weight is 692 g/mol. The maximum Gasteiger partial charge on any atom is 0.264 e. The zero-order valence-corrected chi connectivity index (χ0v) is 29.6. The van der Waals surface area contributed by atoms with Crippen LogP contribution in [0.1, 0.15) is 37.5 Å². The molecule has 0 spiro atoms. The van der Waals surface area contributed by atoms with Gasteiger partial charge in [-0.1, -0.05) is 71.8 Å². The summed E-state index contributed by atoms with van der Waals surface area (Å²) in [7, 11) is -1.38. The lowest BCUT2D eigenvalue weighted by Crippen LogP contribution is -2.56. The van der Waals surface area contributed by atoms with Crippen LogP contribution in [0.5, 0.6) is 11.5 Å². The van der Waals surface area contributed by atoms with Crippen LogP contribution >= 0.6 is 11.6 Å². The van der Waals surface area contributed by atoms with Crippen LogP contribution in [0.15, 0.2) is 102 Å². The summed E-state index contributed by atoms with van der Waals surface area (Å²) in [5.74, 6) is -0.212. The van der Waals surface area contributed by atoms with Gasteiger partial charge in [0.25, 0.3) is 10.0 Å². The molecule has 2 amide bonds. The van der Waals surface area contributed by atoms with Crippen molar-refractivity contribution in [2.45, 2.75) is 57.1 Å². The molecule has 0 radical (unpaired) electrons. The molecule has 0 fully saturated rings. The first-order chi connectivity index (χ1) is 22.7. The minimum absolute atomic E-state index is 0.00377. The zero-order valence-electron chi connectivity index (χ0n) is 28.1. The van der Waals surface area contributed by atoms with E-state index in [1.807, 2.05) is 64.1 Å². The SMILES string of the molecule is COc1cccc(CN(C(=O)CN(c2cc(Cl)ccc2OC)S(=O)(=O)c2ccc(C)cc2)[C@@H](Cc2ccccc2)C(=O)NC(C)(C)C)c1. The Morgan fingerprint density at radius 2 is 1.52 bits per heavy atom. The molecule has 9 nitrogen and oxygen atoms in total. The van der Waals surface area contributed by atoms with Crippen LogP contribution in [0.3, 0.4) is 0 Å². The first-order valence-electron chi connectivity index (χ1n) is 15.4. The highest BCUT2D eigenvalue weighted by molar-refractivity contribution is 7.92. The van der Waals surface area contributed by atoms with E-state index >= 15 is 0 Å². The topological polar surface area (TPSA) is 105 Å². The number of hydrogen-bond donors (Lipinski definition) is 1. The third-order valence-electron chi connectivity index (χ3n) is 7.55. The Labute approximate surface area is 288 Å². The van der Waals surface area contributed by atoms with Crippen molar-refractivity contribution in [1.29, 1.82) is 0 Å². The summed E-state index contributed by atoms with van der Waals surface area (Å²) in [4.78, 5) is 30.2. The van der Waals surface area contributed by atoms with Gasteiger partial charge < -0.3 is 19.7 Å². The Bertz CT molecular complexity index is 1830. The molecule has 4 aromatic rings. The number of rotatable bonds is 13. The third-order valence-corrected chi connectivity index (χ3v) is 9.56. The smallest absolute Gasteiger partial charge is 0.264 e.